The van der Waals surface area contributed by atoms with Crippen LogP contribution in [0.25, 0.3) is 0 Å². The third-order valence-corrected chi connectivity index (χ3v) is 2.78. The molecule has 1 aromatic rings. The van der Waals surface area contributed by atoms with Gasteiger partial charge >= 0.3 is 0 Å². The van der Waals surface area contributed by atoms with Gasteiger partial charge in [0.15, 0.2) is 0 Å². The maximum absolute atomic E-state index is 11.6. The zero-order valence-electron chi connectivity index (χ0n) is 10.0. The molecule has 0 atom stereocenters. The molecule has 0 saturated heterocycles. The van der Waals surface area contributed by atoms with Crippen molar-refractivity contribution in [2.45, 2.75) is 6.42 Å². The van der Waals surface area contributed by atoms with Gasteiger partial charge < -0.3 is 11.1 Å². The summed E-state index contributed by atoms with van der Waals surface area (Å²) in [6.45, 7) is 0.668. The topological polar surface area (TPSA) is 114 Å². The highest BCUT2D eigenvalue weighted by atomic mass is 32.2. The molecule has 0 saturated carbocycles. The molecule has 0 spiro atoms. The Bertz CT molecular complexity index is 516. The molecule has 1 aromatic heterocycles. The molecule has 4 N–H and O–H groups in total. The molecule has 0 aliphatic rings. The lowest BCUT2D eigenvalue weighted by Crippen LogP contribution is -2.29. The van der Waals surface area contributed by atoms with Crippen molar-refractivity contribution < 1.29 is 13.2 Å². The first-order chi connectivity index (χ1) is 8.38. The van der Waals surface area contributed by atoms with E-state index in [9.17, 15) is 13.2 Å². The van der Waals surface area contributed by atoms with Crippen LogP contribution in [0.2, 0.25) is 0 Å². The Labute approximate surface area is 106 Å². The van der Waals surface area contributed by atoms with E-state index in [1.54, 1.807) is 6.07 Å². The molecular formula is C10H16N4O3S. The number of anilines is 1. The summed E-state index contributed by atoms with van der Waals surface area (Å²) in [4.78, 5) is 15.4. The van der Waals surface area contributed by atoms with E-state index in [0.717, 1.165) is 6.26 Å². The van der Waals surface area contributed by atoms with E-state index in [1.165, 1.54) is 12.3 Å². The van der Waals surface area contributed by atoms with E-state index in [2.05, 4.69) is 15.0 Å². The molecule has 18 heavy (non-hydrogen) atoms. The lowest BCUT2D eigenvalue weighted by Gasteiger charge is -2.05. The first kappa shape index (κ1) is 14.4. The van der Waals surface area contributed by atoms with Gasteiger partial charge in [0.25, 0.3) is 5.91 Å². The van der Waals surface area contributed by atoms with Gasteiger partial charge in [0.1, 0.15) is 5.82 Å². The predicted molar refractivity (Wildman–Crippen MR) is 68.4 cm³/mol. The number of nitrogen functional groups attached to an aromatic ring is 1. The van der Waals surface area contributed by atoms with Crippen molar-refractivity contribution in [3.05, 3.63) is 23.9 Å². The number of carbonyl (C=O) groups excluding carboxylic acids is 1. The number of aromatic nitrogens is 1. The molecule has 1 heterocycles. The standard InChI is InChI=1S/C10H16N4O3S/c1-18(16,17)14-5-2-4-13-10(15)8-3-6-12-9(11)7-8/h3,6-7,14H,2,4-5H2,1H3,(H2,11,12)(H,13,15). The van der Waals surface area contributed by atoms with Crippen LogP contribution < -0.4 is 15.8 Å². The number of nitrogens with two attached hydrogens (primary N) is 1. The van der Waals surface area contributed by atoms with Crippen LogP contribution in [0, 0.1) is 0 Å². The summed E-state index contributed by atoms with van der Waals surface area (Å²) in [5.74, 6) is 0.0184. The predicted octanol–water partition coefficient (Wildman–Crippen LogP) is -0.667. The zero-order valence-corrected chi connectivity index (χ0v) is 10.8. The number of rotatable bonds is 6. The summed E-state index contributed by atoms with van der Waals surface area (Å²) in [7, 11) is -3.17. The number of carbonyl (C=O) groups is 1. The molecule has 0 aliphatic heterocycles. The lowest BCUT2D eigenvalue weighted by atomic mass is 10.2. The largest absolute Gasteiger partial charge is 0.384 e. The van der Waals surface area contributed by atoms with E-state index in [0.29, 0.717) is 18.5 Å². The normalized spacial score (nSPS) is 11.2. The molecule has 0 aliphatic carbocycles. The molecule has 0 unspecified atom stereocenters. The van der Waals surface area contributed by atoms with Crippen LogP contribution in [-0.2, 0) is 10.0 Å². The Morgan fingerprint density at radius 3 is 2.78 bits per heavy atom. The summed E-state index contributed by atoms with van der Waals surface area (Å²) in [5, 5.41) is 2.66. The minimum absolute atomic E-state index is 0.261. The van der Waals surface area contributed by atoms with Crippen molar-refractivity contribution in [3.63, 3.8) is 0 Å². The van der Waals surface area contributed by atoms with E-state index >= 15 is 0 Å². The Kier molecular flexibility index (Phi) is 5.05. The Hall–Kier alpha value is -1.67. The highest BCUT2D eigenvalue weighted by Crippen LogP contribution is 2.02. The molecule has 8 heteroatoms. The monoisotopic (exact) mass is 272 g/mol. The second-order valence-corrected chi connectivity index (χ2v) is 5.58. The van der Waals surface area contributed by atoms with Gasteiger partial charge in [0, 0.05) is 24.8 Å². The first-order valence-corrected chi connectivity index (χ1v) is 7.22. The summed E-state index contributed by atoms with van der Waals surface area (Å²) < 4.78 is 23.9. The van der Waals surface area contributed by atoms with Crippen LogP contribution in [-0.4, -0.2) is 38.7 Å². The zero-order chi connectivity index (χ0) is 13.6. The SMILES string of the molecule is CS(=O)(=O)NCCCNC(=O)c1ccnc(N)c1. The summed E-state index contributed by atoms with van der Waals surface area (Å²) in [6.07, 6.45) is 3.06. The number of hydrogen-bond acceptors (Lipinski definition) is 5. The van der Waals surface area contributed by atoms with Gasteiger partial charge in [-0.3, -0.25) is 4.79 Å². The number of hydrogen-bond donors (Lipinski definition) is 3. The summed E-state index contributed by atoms with van der Waals surface area (Å²) in [5.41, 5.74) is 5.88. The van der Waals surface area contributed by atoms with Crippen LogP contribution in [0.3, 0.4) is 0 Å². The molecule has 0 radical (unpaired) electrons. The third kappa shape index (κ3) is 5.60. The van der Waals surface area contributed by atoms with Gasteiger partial charge in [-0.2, -0.15) is 0 Å². The van der Waals surface area contributed by atoms with Crippen LogP contribution in [0.5, 0.6) is 0 Å². The Balaban J connectivity index is 2.30. The fraction of sp³-hybridized carbons (Fsp3) is 0.400. The van der Waals surface area contributed by atoms with Crippen molar-refractivity contribution in [1.82, 2.24) is 15.0 Å². The fourth-order valence-corrected chi connectivity index (χ4v) is 1.75. The molecular weight excluding hydrogens is 256 g/mol. The molecule has 1 rings (SSSR count). The van der Waals surface area contributed by atoms with Crippen LogP contribution in [0.1, 0.15) is 16.8 Å². The second kappa shape index (κ2) is 6.31. The van der Waals surface area contributed by atoms with Gasteiger partial charge in [0.2, 0.25) is 10.0 Å². The van der Waals surface area contributed by atoms with Gasteiger partial charge in [0.05, 0.1) is 6.26 Å². The smallest absolute Gasteiger partial charge is 0.251 e. The average Bonchev–Trinajstić information content (AvgIpc) is 2.26. The van der Waals surface area contributed by atoms with Gasteiger partial charge in [-0.25, -0.2) is 18.1 Å². The molecule has 7 nitrogen and oxygen atoms in total. The average molecular weight is 272 g/mol. The van der Waals surface area contributed by atoms with Crippen molar-refractivity contribution in [3.8, 4) is 0 Å². The van der Waals surface area contributed by atoms with Gasteiger partial charge in [-0.05, 0) is 18.6 Å². The van der Waals surface area contributed by atoms with E-state index in [1.807, 2.05) is 0 Å². The van der Waals surface area contributed by atoms with Gasteiger partial charge in [-0.1, -0.05) is 0 Å². The van der Waals surface area contributed by atoms with Crippen molar-refractivity contribution in [1.29, 1.82) is 0 Å². The third-order valence-electron chi connectivity index (χ3n) is 2.05. The number of pyridine rings is 1. The van der Waals surface area contributed by atoms with E-state index in [-0.39, 0.29) is 18.3 Å². The lowest BCUT2D eigenvalue weighted by molar-refractivity contribution is 0.0953. The minimum Gasteiger partial charge on any atom is -0.384 e. The first-order valence-electron chi connectivity index (χ1n) is 5.33. The van der Waals surface area contributed by atoms with E-state index < -0.39 is 10.0 Å². The Morgan fingerprint density at radius 1 is 1.44 bits per heavy atom. The maximum atomic E-state index is 11.6. The highest BCUT2D eigenvalue weighted by molar-refractivity contribution is 7.88. The van der Waals surface area contributed by atoms with Crippen LogP contribution in [0.4, 0.5) is 5.82 Å². The minimum atomic E-state index is -3.17. The summed E-state index contributed by atoms with van der Waals surface area (Å²) in [6, 6.07) is 3.03. The van der Waals surface area contributed by atoms with Crippen LogP contribution in [0.15, 0.2) is 18.3 Å². The van der Waals surface area contributed by atoms with Crippen molar-refractivity contribution >= 4 is 21.7 Å². The molecule has 100 valence electrons. The number of sulfonamides is 1. The van der Waals surface area contributed by atoms with Crippen molar-refractivity contribution in [2.75, 3.05) is 25.1 Å². The van der Waals surface area contributed by atoms with E-state index in [4.69, 9.17) is 5.73 Å². The second-order valence-electron chi connectivity index (χ2n) is 3.75. The highest BCUT2D eigenvalue weighted by Gasteiger charge is 2.05. The molecule has 0 aromatic carbocycles. The molecule has 0 fully saturated rings. The molecule has 1 amide bonds. The number of nitrogens with zero attached hydrogens (tertiary/aromatic N) is 1. The number of nitrogens with one attached hydrogen (secondary N) is 2. The van der Waals surface area contributed by atoms with Crippen molar-refractivity contribution in [2.24, 2.45) is 0 Å². The van der Waals surface area contributed by atoms with Crippen LogP contribution >= 0.6 is 0 Å². The molecule has 0 bridgehead atoms. The Morgan fingerprint density at radius 2 is 2.17 bits per heavy atom. The quantitative estimate of drug-likeness (QED) is 0.594. The summed E-state index contributed by atoms with van der Waals surface area (Å²) >= 11 is 0. The van der Waals surface area contributed by atoms with Gasteiger partial charge in [-0.15, -0.1) is 0 Å². The number of amides is 1. The fourth-order valence-electron chi connectivity index (χ4n) is 1.24. The maximum Gasteiger partial charge on any atom is 0.251 e.